The average molecular weight is 540 g/mol. The monoisotopic (exact) mass is 539 g/mol. The van der Waals surface area contributed by atoms with Crippen LogP contribution in [0.4, 0.5) is 0 Å². The highest BCUT2D eigenvalue weighted by atomic mass is 32.1. The molecule has 0 saturated carbocycles. The number of aliphatic carboxylic acids is 1. The lowest BCUT2D eigenvalue weighted by molar-refractivity contribution is -0.142. The van der Waals surface area contributed by atoms with Crippen LogP contribution in [0.2, 0.25) is 0 Å². The Kier molecular flexibility index (Phi) is 7.42. The van der Waals surface area contributed by atoms with E-state index in [-0.39, 0.29) is 0 Å². The summed E-state index contributed by atoms with van der Waals surface area (Å²) in [7, 11) is 0. The van der Waals surface area contributed by atoms with Crippen molar-refractivity contribution in [2.45, 2.75) is 46.8 Å². The van der Waals surface area contributed by atoms with E-state index in [1.807, 2.05) is 67.8 Å². The Morgan fingerprint density at radius 2 is 1.87 bits per heavy atom. The van der Waals surface area contributed by atoms with Gasteiger partial charge in [-0.2, -0.15) is 5.26 Å². The number of nitriles is 1. The first-order chi connectivity index (χ1) is 18.9. The molecule has 2 aromatic carbocycles. The second-order valence-corrected chi connectivity index (χ2v) is 10.5. The number of aromatic nitrogens is 3. The van der Waals surface area contributed by atoms with Crippen molar-refractivity contribution in [1.82, 2.24) is 14.8 Å². The van der Waals surface area contributed by atoms with Crippen LogP contribution in [-0.2, 0) is 16.1 Å². The largest absolute Gasteiger partial charge is 0.481 e. The lowest BCUT2D eigenvalue weighted by atomic mass is 9.94. The number of aliphatic imine (C=N–C) groups is 1. The molecule has 1 aliphatic rings. The van der Waals surface area contributed by atoms with Crippen molar-refractivity contribution >= 4 is 23.0 Å². The number of ether oxygens (including phenoxy) is 1. The van der Waals surface area contributed by atoms with Crippen molar-refractivity contribution in [2.75, 3.05) is 6.61 Å². The van der Waals surface area contributed by atoms with Gasteiger partial charge in [-0.25, -0.2) is 0 Å². The van der Waals surface area contributed by atoms with E-state index in [2.05, 4.69) is 23.2 Å². The van der Waals surface area contributed by atoms with Crippen molar-refractivity contribution in [2.24, 2.45) is 10.9 Å². The summed E-state index contributed by atoms with van der Waals surface area (Å²) in [6.45, 7) is 8.86. The lowest BCUT2D eigenvalue weighted by Crippen LogP contribution is -2.23. The minimum absolute atomic E-state index is 0.402. The van der Waals surface area contributed by atoms with Crippen LogP contribution in [0.25, 0.3) is 16.1 Å². The summed E-state index contributed by atoms with van der Waals surface area (Å²) < 4.78 is 7.74. The Morgan fingerprint density at radius 1 is 1.13 bits per heavy atom. The Hall–Kier alpha value is -4.13. The number of aryl methyl sites for hydroxylation is 1. The van der Waals surface area contributed by atoms with Crippen LogP contribution in [0.1, 0.15) is 65.1 Å². The van der Waals surface area contributed by atoms with Gasteiger partial charge in [0.25, 0.3) is 0 Å². The molecular weight excluding hydrogens is 510 g/mol. The number of carboxylic acids is 1. The van der Waals surface area contributed by atoms with Crippen molar-refractivity contribution in [3.8, 4) is 22.2 Å². The first kappa shape index (κ1) is 26.5. The second-order valence-electron chi connectivity index (χ2n) is 9.45. The number of carbonyl (C=O) groups is 1. The SMILES string of the molecule is CCOCc1sc2c(c1C)C(c1ccc(-c3cccc(C#N)c3)cc1)=N[C@@H](C(CC)C(=O)O)c1nnc(C)n1-2. The summed E-state index contributed by atoms with van der Waals surface area (Å²) in [5, 5.41) is 29.1. The molecule has 4 aromatic rings. The molecule has 2 atom stereocenters. The minimum atomic E-state index is -0.912. The number of fused-ring (bicyclic) bond motifs is 3. The summed E-state index contributed by atoms with van der Waals surface area (Å²) in [4.78, 5) is 18.6. The highest BCUT2D eigenvalue weighted by Gasteiger charge is 2.37. The van der Waals surface area contributed by atoms with Gasteiger partial charge in [-0.15, -0.1) is 21.5 Å². The zero-order valence-electron chi connectivity index (χ0n) is 22.3. The number of carboxylic acid groups (broad SMARTS) is 1. The van der Waals surface area contributed by atoms with Gasteiger partial charge in [-0.3, -0.25) is 14.4 Å². The molecule has 5 rings (SSSR count). The van der Waals surface area contributed by atoms with E-state index in [9.17, 15) is 15.2 Å². The average Bonchev–Trinajstić information content (AvgIpc) is 3.44. The number of benzene rings is 2. The fraction of sp³-hybridized carbons (Fsp3) is 0.300. The van der Waals surface area contributed by atoms with Crippen molar-refractivity contribution < 1.29 is 14.6 Å². The van der Waals surface area contributed by atoms with E-state index < -0.39 is 17.9 Å². The van der Waals surface area contributed by atoms with E-state index >= 15 is 0 Å². The number of rotatable bonds is 8. The number of nitrogens with zero attached hydrogens (tertiary/aromatic N) is 5. The molecule has 3 heterocycles. The molecule has 0 spiro atoms. The van der Waals surface area contributed by atoms with Gasteiger partial charge < -0.3 is 9.84 Å². The zero-order chi connectivity index (χ0) is 27.7. The molecule has 0 amide bonds. The fourth-order valence-electron chi connectivity index (χ4n) is 5.01. The predicted octanol–water partition coefficient (Wildman–Crippen LogP) is 6.02. The summed E-state index contributed by atoms with van der Waals surface area (Å²) in [5.74, 6) is -0.450. The van der Waals surface area contributed by atoms with Crippen molar-refractivity contribution in [3.05, 3.63) is 87.3 Å². The molecule has 39 heavy (non-hydrogen) atoms. The van der Waals surface area contributed by atoms with Gasteiger partial charge in [0.2, 0.25) is 0 Å². The fourth-order valence-corrected chi connectivity index (χ4v) is 6.31. The molecule has 198 valence electrons. The molecule has 9 heteroatoms. The van der Waals surface area contributed by atoms with E-state index in [1.165, 1.54) is 0 Å². The predicted molar refractivity (Wildman–Crippen MR) is 150 cm³/mol. The van der Waals surface area contributed by atoms with E-state index in [0.29, 0.717) is 36.8 Å². The number of hydrogen-bond donors (Lipinski definition) is 1. The normalized spacial score (nSPS) is 15.1. The van der Waals surface area contributed by atoms with Gasteiger partial charge in [0, 0.05) is 22.6 Å². The summed E-state index contributed by atoms with van der Waals surface area (Å²) in [6, 6.07) is 17.0. The molecule has 0 fully saturated rings. The Bertz CT molecular complexity index is 1610. The highest BCUT2D eigenvalue weighted by molar-refractivity contribution is 7.15. The maximum absolute atomic E-state index is 12.3. The van der Waals surface area contributed by atoms with Crippen LogP contribution in [0.5, 0.6) is 0 Å². The van der Waals surface area contributed by atoms with Crippen LogP contribution in [-0.4, -0.2) is 38.2 Å². The first-order valence-corrected chi connectivity index (χ1v) is 13.7. The Balaban J connectivity index is 1.71. The summed E-state index contributed by atoms with van der Waals surface area (Å²) in [6.07, 6.45) is 0.402. The molecule has 1 N–H and O–H groups in total. The third-order valence-corrected chi connectivity index (χ3v) is 8.36. The number of hydrogen-bond acceptors (Lipinski definition) is 7. The molecule has 0 aliphatic carbocycles. The third-order valence-electron chi connectivity index (χ3n) is 7.11. The van der Waals surface area contributed by atoms with Crippen LogP contribution in [0.15, 0.2) is 53.5 Å². The van der Waals surface area contributed by atoms with Crippen molar-refractivity contribution in [3.63, 3.8) is 0 Å². The highest BCUT2D eigenvalue weighted by Crippen LogP contribution is 2.42. The van der Waals surface area contributed by atoms with Crippen molar-refractivity contribution in [1.29, 1.82) is 5.26 Å². The number of thiophene rings is 1. The maximum Gasteiger partial charge on any atom is 0.309 e. The third kappa shape index (κ3) is 4.78. The van der Waals surface area contributed by atoms with E-state index in [1.54, 1.807) is 17.4 Å². The molecule has 0 saturated heterocycles. The molecular formula is C30H29N5O3S. The maximum atomic E-state index is 12.3. The standard InChI is InChI=1S/C30H29N5O3S/c1-5-23(30(36)37)27-28-34-33-18(4)35(28)29-25(17(3)24(39-29)16-38-6-2)26(32-27)21-12-10-20(11-13-21)22-9-7-8-19(14-22)15-31/h7-14,23,27H,5-6,16H2,1-4H3,(H,36,37)/t23?,27-/m0/s1. The first-order valence-electron chi connectivity index (χ1n) is 12.9. The zero-order valence-corrected chi connectivity index (χ0v) is 23.1. The van der Waals surface area contributed by atoms with Gasteiger partial charge >= 0.3 is 5.97 Å². The minimum Gasteiger partial charge on any atom is -0.481 e. The van der Waals surface area contributed by atoms with Gasteiger partial charge in [0.15, 0.2) is 5.82 Å². The van der Waals surface area contributed by atoms with Gasteiger partial charge in [0.05, 0.1) is 29.9 Å². The summed E-state index contributed by atoms with van der Waals surface area (Å²) >= 11 is 1.61. The van der Waals surface area contributed by atoms with Gasteiger partial charge in [-0.05, 0) is 56.0 Å². The van der Waals surface area contributed by atoms with E-state index in [0.717, 1.165) is 43.4 Å². The quantitative estimate of drug-likeness (QED) is 0.293. The van der Waals surface area contributed by atoms with Gasteiger partial charge in [0.1, 0.15) is 16.9 Å². The second kappa shape index (κ2) is 10.9. The molecule has 2 aromatic heterocycles. The van der Waals surface area contributed by atoms with Crippen LogP contribution >= 0.6 is 11.3 Å². The van der Waals surface area contributed by atoms with Crippen LogP contribution < -0.4 is 0 Å². The lowest BCUT2D eigenvalue weighted by Gasteiger charge is -2.19. The molecule has 0 bridgehead atoms. The van der Waals surface area contributed by atoms with Crippen LogP contribution in [0, 0.1) is 31.1 Å². The molecule has 8 nitrogen and oxygen atoms in total. The molecule has 1 aliphatic heterocycles. The Labute approximate surface area is 231 Å². The van der Waals surface area contributed by atoms with Gasteiger partial charge in [-0.1, -0.05) is 43.3 Å². The molecule has 1 unspecified atom stereocenters. The Morgan fingerprint density at radius 3 is 2.54 bits per heavy atom. The molecule has 0 radical (unpaired) electrons. The van der Waals surface area contributed by atoms with Crippen LogP contribution in [0.3, 0.4) is 0 Å². The van der Waals surface area contributed by atoms with E-state index in [4.69, 9.17) is 9.73 Å². The smallest absolute Gasteiger partial charge is 0.309 e. The topological polar surface area (TPSA) is 113 Å². The summed E-state index contributed by atoms with van der Waals surface area (Å²) in [5.41, 5.74) is 6.13.